The molecule has 0 saturated heterocycles. The largest absolute Gasteiger partial charge is 0.443 e. The van der Waals surface area contributed by atoms with Gasteiger partial charge >= 0.3 is 18.2 Å². The van der Waals surface area contributed by atoms with Gasteiger partial charge in [0, 0.05) is 24.5 Å². The molecule has 1 unspecified atom stereocenters. The third-order valence-electron chi connectivity index (χ3n) is 9.57. The van der Waals surface area contributed by atoms with E-state index in [0.29, 0.717) is 22.7 Å². The Kier molecular flexibility index (Phi) is 9.93. The second-order valence-electron chi connectivity index (χ2n) is 14.3. The zero-order valence-electron chi connectivity index (χ0n) is 28.2. The number of fused-ring (bicyclic) bond motifs is 1. The molecule has 1 heterocycles. The number of anilines is 4. The van der Waals surface area contributed by atoms with Crippen LogP contribution in [0.15, 0.2) is 48.5 Å². The molecule has 47 heavy (non-hydrogen) atoms. The molecule has 252 valence electrons. The van der Waals surface area contributed by atoms with Gasteiger partial charge in [0.15, 0.2) is 0 Å². The van der Waals surface area contributed by atoms with Gasteiger partial charge in [-0.25, -0.2) is 19.3 Å². The molecule has 1 atom stereocenters. The molecular weight excluding hydrogens is 598 g/mol. The van der Waals surface area contributed by atoms with Gasteiger partial charge in [-0.2, -0.15) is 0 Å². The first kappa shape index (κ1) is 33.9. The van der Waals surface area contributed by atoms with Gasteiger partial charge in [-0.1, -0.05) is 57.2 Å². The number of para-hydroxylation sites is 2. The topological polar surface area (TPSA) is 120 Å². The summed E-state index contributed by atoms with van der Waals surface area (Å²) < 4.78 is 5.46. The number of amides is 6. The van der Waals surface area contributed by atoms with Crippen molar-refractivity contribution in [2.45, 2.75) is 103 Å². The average molecular weight is 646 g/mol. The summed E-state index contributed by atoms with van der Waals surface area (Å²) in [4.78, 5) is 73.7. The highest BCUT2D eigenvalue weighted by Crippen LogP contribution is 2.46. The molecule has 0 spiro atoms. The fraction of sp³-hybridized carbons (Fsp3) is 0.528. The van der Waals surface area contributed by atoms with Crippen LogP contribution in [-0.4, -0.2) is 66.5 Å². The second kappa shape index (κ2) is 13.8. The van der Waals surface area contributed by atoms with E-state index in [1.54, 1.807) is 63.1 Å². The lowest BCUT2D eigenvalue weighted by atomic mass is 9.80. The number of imide groups is 1. The van der Waals surface area contributed by atoms with Crippen LogP contribution in [0.4, 0.5) is 37.1 Å². The molecule has 5 rings (SSSR count). The fourth-order valence-corrected chi connectivity index (χ4v) is 7.10. The lowest BCUT2D eigenvalue weighted by Gasteiger charge is -2.39. The maximum absolute atomic E-state index is 14.6. The lowest BCUT2D eigenvalue weighted by Crippen LogP contribution is -2.57. The van der Waals surface area contributed by atoms with E-state index in [1.165, 1.54) is 9.80 Å². The van der Waals surface area contributed by atoms with Crippen molar-refractivity contribution >= 4 is 53.1 Å². The number of rotatable bonds is 8. The molecule has 1 aliphatic heterocycles. The minimum atomic E-state index is -0.816. The summed E-state index contributed by atoms with van der Waals surface area (Å²) in [6, 6.07) is 11.7. The first-order valence-electron chi connectivity index (χ1n) is 16.7. The van der Waals surface area contributed by atoms with E-state index < -0.39 is 47.7 Å². The Hall–Kier alpha value is -4.41. The van der Waals surface area contributed by atoms with Crippen LogP contribution in [-0.2, 0) is 14.3 Å². The molecule has 2 saturated carbocycles. The van der Waals surface area contributed by atoms with E-state index in [9.17, 15) is 24.0 Å². The van der Waals surface area contributed by atoms with Crippen LogP contribution in [0.1, 0.15) is 85.5 Å². The number of urea groups is 2. The van der Waals surface area contributed by atoms with E-state index in [2.05, 4.69) is 5.32 Å². The number of nitrogens with zero attached hydrogens (tertiary/aromatic N) is 4. The average Bonchev–Trinajstić information content (AvgIpc) is 3.46. The Balaban J connectivity index is 1.47. The van der Waals surface area contributed by atoms with Gasteiger partial charge in [-0.15, -0.1) is 0 Å². The first-order valence-corrected chi connectivity index (χ1v) is 16.7. The molecule has 0 aromatic heterocycles. The molecule has 6 amide bonds. The van der Waals surface area contributed by atoms with Crippen molar-refractivity contribution < 1.29 is 28.7 Å². The predicted molar refractivity (Wildman–Crippen MR) is 182 cm³/mol. The predicted octanol–water partition coefficient (Wildman–Crippen LogP) is 7.35. The standard InChI is InChI=1S/C36H47N5O6/c1-35(2,3)47-34(46)38(5)27-17-13-14-25(22-27)37-31(43)23-39-32(44)40(26-15-7-6-8-16-26)28-18-9-10-19-29(28)41(33(39)45)30(24-42)36(4)20-11-12-21-36/h9-10,13-14,17-19,22,24,26,30H,6-8,11-12,15-16,20-21,23H2,1-5H3,(H,37,43). The van der Waals surface area contributed by atoms with Crippen molar-refractivity contribution in [2.24, 2.45) is 5.41 Å². The van der Waals surface area contributed by atoms with Crippen LogP contribution >= 0.6 is 0 Å². The van der Waals surface area contributed by atoms with Gasteiger partial charge in [0.2, 0.25) is 5.91 Å². The number of carbonyl (C=O) groups excluding carboxylic acids is 5. The smallest absolute Gasteiger partial charge is 0.414 e. The summed E-state index contributed by atoms with van der Waals surface area (Å²) in [7, 11) is 1.57. The highest BCUT2D eigenvalue weighted by molar-refractivity contribution is 6.16. The van der Waals surface area contributed by atoms with Crippen molar-refractivity contribution in [3.63, 3.8) is 0 Å². The van der Waals surface area contributed by atoms with Gasteiger partial charge in [-0.05, 0) is 82.2 Å². The number of carbonyl (C=O) groups is 5. The minimum Gasteiger partial charge on any atom is -0.443 e. The zero-order chi connectivity index (χ0) is 33.9. The number of ether oxygens (including phenoxy) is 1. The summed E-state index contributed by atoms with van der Waals surface area (Å²) in [5.41, 5.74) is 0.797. The fourth-order valence-electron chi connectivity index (χ4n) is 7.10. The SMILES string of the molecule is CN(C(=O)OC(C)(C)C)c1cccc(NC(=O)CN2C(=O)N(C3CCCCC3)c3ccccc3N(C(C=O)C3(C)CCCC3)C2=O)c1. The van der Waals surface area contributed by atoms with E-state index >= 15 is 0 Å². The number of hydrogen-bond acceptors (Lipinski definition) is 6. The van der Waals surface area contributed by atoms with E-state index in [0.717, 1.165) is 69.0 Å². The van der Waals surface area contributed by atoms with Crippen molar-refractivity contribution in [3.8, 4) is 0 Å². The number of aldehydes is 1. The molecule has 2 fully saturated rings. The molecule has 0 bridgehead atoms. The van der Waals surface area contributed by atoms with Crippen LogP contribution in [0.3, 0.4) is 0 Å². The Bertz CT molecular complexity index is 1510. The van der Waals surface area contributed by atoms with E-state index in [4.69, 9.17) is 4.74 Å². The summed E-state index contributed by atoms with van der Waals surface area (Å²) >= 11 is 0. The lowest BCUT2D eigenvalue weighted by molar-refractivity contribution is -0.116. The minimum absolute atomic E-state index is 0.146. The molecule has 0 radical (unpaired) electrons. The van der Waals surface area contributed by atoms with Crippen molar-refractivity contribution in [1.82, 2.24) is 4.90 Å². The summed E-state index contributed by atoms with van der Waals surface area (Å²) in [5, 5.41) is 2.80. The molecule has 11 nitrogen and oxygen atoms in total. The molecular formula is C36H47N5O6. The summed E-state index contributed by atoms with van der Waals surface area (Å²) in [6.45, 7) is 6.81. The molecule has 1 N–H and O–H groups in total. The number of hydrogen-bond donors (Lipinski definition) is 1. The maximum atomic E-state index is 14.6. The highest BCUT2D eigenvalue weighted by Gasteiger charge is 2.49. The van der Waals surface area contributed by atoms with Crippen LogP contribution < -0.4 is 20.0 Å². The third kappa shape index (κ3) is 7.29. The summed E-state index contributed by atoms with van der Waals surface area (Å²) in [5.74, 6) is -0.590. The second-order valence-corrected chi connectivity index (χ2v) is 14.3. The number of benzene rings is 2. The van der Waals surface area contributed by atoms with E-state index in [1.807, 2.05) is 25.1 Å². The maximum Gasteiger partial charge on any atom is 0.414 e. The van der Waals surface area contributed by atoms with Crippen molar-refractivity contribution in [1.29, 1.82) is 0 Å². The van der Waals surface area contributed by atoms with Crippen LogP contribution in [0.5, 0.6) is 0 Å². The van der Waals surface area contributed by atoms with Crippen LogP contribution in [0.25, 0.3) is 0 Å². The van der Waals surface area contributed by atoms with Gasteiger partial charge in [0.05, 0.1) is 17.4 Å². The molecule has 3 aliphatic rings. The van der Waals surface area contributed by atoms with Gasteiger partial charge in [0.25, 0.3) is 0 Å². The van der Waals surface area contributed by atoms with Crippen molar-refractivity contribution in [2.75, 3.05) is 33.6 Å². The van der Waals surface area contributed by atoms with E-state index in [-0.39, 0.29) is 6.04 Å². The summed E-state index contributed by atoms with van der Waals surface area (Å²) in [6.07, 6.45) is 8.27. The zero-order valence-corrected chi connectivity index (χ0v) is 28.2. The highest BCUT2D eigenvalue weighted by atomic mass is 16.6. The quantitative estimate of drug-likeness (QED) is 0.300. The third-order valence-corrected chi connectivity index (χ3v) is 9.57. The Morgan fingerprint density at radius 2 is 1.64 bits per heavy atom. The molecule has 11 heteroatoms. The van der Waals surface area contributed by atoms with Crippen LogP contribution in [0.2, 0.25) is 0 Å². The van der Waals surface area contributed by atoms with Crippen molar-refractivity contribution in [3.05, 3.63) is 48.5 Å². The normalized spacial score (nSPS) is 19.1. The Morgan fingerprint density at radius 1 is 0.979 bits per heavy atom. The Morgan fingerprint density at radius 3 is 2.28 bits per heavy atom. The molecule has 2 aromatic carbocycles. The monoisotopic (exact) mass is 645 g/mol. The van der Waals surface area contributed by atoms with Gasteiger partial charge in [0.1, 0.15) is 18.4 Å². The number of nitrogens with one attached hydrogen (secondary N) is 1. The van der Waals surface area contributed by atoms with Gasteiger partial charge in [-0.3, -0.25) is 19.5 Å². The molecule has 2 aliphatic carbocycles. The van der Waals surface area contributed by atoms with Gasteiger partial charge < -0.3 is 14.8 Å². The molecule has 2 aromatic rings. The Labute approximate surface area is 277 Å². The first-order chi connectivity index (χ1) is 22.3. The van der Waals surface area contributed by atoms with Crippen LogP contribution in [0, 0.1) is 5.41 Å².